The Kier molecular flexibility index (Phi) is 3.87. The number of pyridine rings is 1. The molecule has 2 aromatic heterocycles. The maximum Gasteiger partial charge on any atom is 0.259 e. The molecule has 94 valence electrons. The molecular formula is C14H17N3O. The highest BCUT2D eigenvalue weighted by Crippen LogP contribution is 2.05. The summed E-state index contributed by atoms with van der Waals surface area (Å²) < 4.78 is 1.54. The van der Waals surface area contributed by atoms with E-state index in [1.165, 1.54) is 4.57 Å². The van der Waals surface area contributed by atoms with Crippen LogP contribution in [0.4, 0.5) is 0 Å². The molecule has 0 N–H and O–H groups in total. The second-order valence-electron chi connectivity index (χ2n) is 4.26. The van der Waals surface area contributed by atoms with Crippen molar-refractivity contribution >= 4 is 0 Å². The average Bonchev–Trinajstić information content (AvgIpc) is 2.37. The van der Waals surface area contributed by atoms with Gasteiger partial charge in [-0.05, 0) is 31.9 Å². The van der Waals surface area contributed by atoms with E-state index < -0.39 is 0 Å². The number of unbranched alkanes of at least 4 members (excludes halogenated alkanes) is 1. The van der Waals surface area contributed by atoms with Crippen LogP contribution in [0.2, 0.25) is 0 Å². The average molecular weight is 243 g/mol. The summed E-state index contributed by atoms with van der Waals surface area (Å²) in [4.78, 5) is 20.8. The molecule has 2 heterocycles. The minimum absolute atomic E-state index is 0.0627. The first-order chi connectivity index (χ1) is 8.72. The van der Waals surface area contributed by atoms with Crippen LogP contribution >= 0.6 is 0 Å². The summed E-state index contributed by atoms with van der Waals surface area (Å²) in [5.41, 5.74) is 0.804. The van der Waals surface area contributed by atoms with E-state index in [0.717, 1.165) is 25.0 Å². The van der Waals surface area contributed by atoms with Gasteiger partial charge in [0, 0.05) is 18.0 Å². The highest BCUT2D eigenvalue weighted by Gasteiger charge is 2.07. The molecule has 18 heavy (non-hydrogen) atoms. The Bertz CT molecular complexity index is 575. The SMILES string of the molecule is CCCCc1cc(=O)n(-c2ccccn2)c(C)n1. The van der Waals surface area contributed by atoms with Gasteiger partial charge in [-0.2, -0.15) is 0 Å². The van der Waals surface area contributed by atoms with Gasteiger partial charge in [0.2, 0.25) is 0 Å². The van der Waals surface area contributed by atoms with Crippen molar-refractivity contribution in [1.29, 1.82) is 0 Å². The molecule has 0 saturated carbocycles. The maximum absolute atomic E-state index is 12.1. The minimum Gasteiger partial charge on any atom is -0.269 e. The standard InChI is InChI=1S/C14H17N3O/c1-3-4-7-12-10-14(18)17(11(2)16-12)13-8-5-6-9-15-13/h5-6,8-10H,3-4,7H2,1-2H3. The molecule has 2 aromatic rings. The van der Waals surface area contributed by atoms with Crippen molar-refractivity contribution in [3.63, 3.8) is 0 Å². The summed E-state index contributed by atoms with van der Waals surface area (Å²) in [6, 6.07) is 7.10. The summed E-state index contributed by atoms with van der Waals surface area (Å²) in [6.07, 6.45) is 4.69. The summed E-state index contributed by atoms with van der Waals surface area (Å²) >= 11 is 0. The van der Waals surface area contributed by atoms with E-state index in [1.807, 2.05) is 25.1 Å². The minimum atomic E-state index is -0.0627. The van der Waals surface area contributed by atoms with Gasteiger partial charge in [-0.25, -0.2) is 14.5 Å². The molecule has 0 radical (unpaired) electrons. The normalized spacial score (nSPS) is 10.6. The predicted octanol–water partition coefficient (Wildman–Crippen LogP) is 2.28. The number of hydrogen-bond acceptors (Lipinski definition) is 3. The van der Waals surface area contributed by atoms with Crippen molar-refractivity contribution in [2.24, 2.45) is 0 Å². The lowest BCUT2D eigenvalue weighted by Crippen LogP contribution is -2.23. The number of aryl methyl sites for hydroxylation is 2. The van der Waals surface area contributed by atoms with Crippen molar-refractivity contribution in [1.82, 2.24) is 14.5 Å². The van der Waals surface area contributed by atoms with Gasteiger partial charge in [0.05, 0.1) is 0 Å². The van der Waals surface area contributed by atoms with Crippen molar-refractivity contribution in [2.45, 2.75) is 33.1 Å². The largest absolute Gasteiger partial charge is 0.269 e. The van der Waals surface area contributed by atoms with Crippen molar-refractivity contribution < 1.29 is 0 Å². The first-order valence-corrected chi connectivity index (χ1v) is 6.23. The van der Waals surface area contributed by atoms with Crippen molar-refractivity contribution in [3.8, 4) is 5.82 Å². The van der Waals surface area contributed by atoms with Crippen LogP contribution in [0.5, 0.6) is 0 Å². The van der Waals surface area contributed by atoms with E-state index >= 15 is 0 Å². The zero-order valence-corrected chi connectivity index (χ0v) is 10.8. The molecule has 0 saturated heterocycles. The lowest BCUT2D eigenvalue weighted by Gasteiger charge is -2.09. The fraction of sp³-hybridized carbons (Fsp3) is 0.357. The number of hydrogen-bond donors (Lipinski definition) is 0. The smallest absolute Gasteiger partial charge is 0.259 e. The molecule has 4 nitrogen and oxygen atoms in total. The Balaban J connectivity index is 2.42. The van der Waals surface area contributed by atoms with Gasteiger partial charge in [0.25, 0.3) is 5.56 Å². The number of aromatic nitrogens is 3. The van der Waals surface area contributed by atoms with Crippen LogP contribution in [0.1, 0.15) is 31.3 Å². The Labute approximate surface area is 106 Å². The first kappa shape index (κ1) is 12.5. The van der Waals surface area contributed by atoms with Crippen LogP contribution in [0, 0.1) is 6.92 Å². The summed E-state index contributed by atoms with van der Waals surface area (Å²) in [5.74, 6) is 1.31. The summed E-state index contributed by atoms with van der Waals surface area (Å²) in [5, 5.41) is 0. The highest BCUT2D eigenvalue weighted by atomic mass is 16.1. The molecule has 2 rings (SSSR count). The van der Waals surface area contributed by atoms with Gasteiger partial charge in [0.1, 0.15) is 11.6 Å². The van der Waals surface area contributed by atoms with Crippen LogP contribution in [0.3, 0.4) is 0 Å². The van der Waals surface area contributed by atoms with Crippen LogP contribution in [-0.2, 0) is 6.42 Å². The van der Waals surface area contributed by atoms with E-state index in [9.17, 15) is 4.79 Å². The van der Waals surface area contributed by atoms with Crippen molar-refractivity contribution in [2.75, 3.05) is 0 Å². The maximum atomic E-state index is 12.1. The number of rotatable bonds is 4. The molecule has 0 atom stereocenters. The van der Waals surface area contributed by atoms with Crippen LogP contribution < -0.4 is 5.56 Å². The molecule has 0 amide bonds. The van der Waals surface area contributed by atoms with Crippen LogP contribution in [0.15, 0.2) is 35.3 Å². The van der Waals surface area contributed by atoms with Crippen LogP contribution in [-0.4, -0.2) is 14.5 Å². The Morgan fingerprint density at radius 3 is 2.78 bits per heavy atom. The van der Waals surface area contributed by atoms with E-state index in [-0.39, 0.29) is 5.56 Å². The second-order valence-corrected chi connectivity index (χ2v) is 4.26. The summed E-state index contributed by atoms with van der Waals surface area (Å²) in [7, 11) is 0. The quantitative estimate of drug-likeness (QED) is 0.827. The first-order valence-electron chi connectivity index (χ1n) is 6.23. The van der Waals surface area contributed by atoms with Gasteiger partial charge in [-0.1, -0.05) is 19.4 Å². The molecule has 0 aliphatic rings. The lowest BCUT2D eigenvalue weighted by atomic mass is 10.2. The van der Waals surface area contributed by atoms with Crippen molar-refractivity contribution in [3.05, 3.63) is 52.3 Å². The third-order valence-electron chi connectivity index (χ3n) is 2.80. The monoisotopic (exact) mass is 243 g/mol. The fourth-order valence-corrected chi connectivity index (χ4v) is 1.91. The molecule has 0 fully saturated rings. The van der Waals surface area contributed by atoms with Gasteiger partial charge in [0.15, 0.2) is 0 Å². The molecule has 0 bridgehead atoms. The second kappa shape index (κ2) is 5.58. The van der Waals surface area contributed by atoms with Gasteiger partial charge >= 0.3 is 0 Å². The Hall–Kier alpha value is -1.97. The predicted molar refractivity (Wildman–Crippen MR) is 71.0 cm³/mol. The fourth-order valence-electron chi connectivity index (χ4n) is 1.91. The molecule has 0 aliphatic carbocycles. The molecule has 0 unspecified atom stereocenters. The van der Waals surface area contributed by atoms with E-state index in [2.05, 4.69) is 16.9 Å². The zero-order valence-electron chi connectivity index (χ0n) is 10.8. The Morgan fingerprint density at radius 1 is 1.33 bits per heavy atom. The molecule has 0 aliphatic heterocycles. The van der Waals surface area contributed by atoms with Crippen LogP contribution in [0.25, 0.3) is 5.82 Å². The van der Waals surface area contributed by atoms with Gasteiger partial charge in [-0.3, -0.25) is 4.79 Å². The summed E-state index contributed by atoms with van der Waals surface area (Å²) in [6.45, 7) is 3.97. The Morgan fingerprint density at radius 2 is 2.17 bits per heavy atom. The topological polar surface area (TPSA) is 47.8 Å². The van der Waals surface area contributed by atoms with Gasteiger partial charge in [-0.15, -0.1) is 0 Å². The molecule has 0 spiro atoms. The van der Waals surface area contributed by atoms with E-state index in [4.69, 9.17) is 0 Å². The van der Waals surface area contributed by atoms with Gasteiger partial charge < -0.3 is 0 Å². The lowest BCUT2D eigenvalue weighted by molar-refractivity contribution is 0.746. The van der Waals surface area contributed by atoms with E-state index in [1.54, 1.807) is 12.3 Å². The molecule has 0 aromatic carbocycles. The highest BCUT2D eigenvalue weighted by molar-refractivity contribution is 5.24. The third kappa shape index (κ3) is 2.64. The zero-order chi connectivity index (χ0) is 13.0. The van der Waals surface area contributed by atoms with E-state index in [0.29, 0.717) is 11.6 Å². The third-order valence-corrected chi connectivity index (χ3v) is 2.80. The molecule has 4 heteroatoms. The number of nitrogens with zero attached hydrogens (tertiary/aromatic N) is 3. The molecular weight excluding hydrogens is 226 g/mol.